The molecule has 3 heteroatoms. The van der Waals surface area contributed by atoms with Gasteiger partial charge < -0.3 is 4.98 Å². The molecule has 1 saturated carbocycles. The summed E-state index contributed by atoms with van der Waals surface area (Å²) in [5, 5.41) is 0. The smallest absolute Gasteiger partial charge is 0.174 e. The summed E-state index contributed by atoms with van der Waals surface area (Å²) in [5.74, 6) is 0.763. The lowest BCUT2D eigenvalue weighted by molar-refractivity contribution is 0.412. The molecule has 2 nitrogen and oxygen atoms in total. The molecule has 0 bridgehead atoms. The molecule has 0 saturated heterocycles. The summed E-state index contributed by atoms with van der Waals surface area (Å²) >= 11 is 3.29. The number of aromatic amines is 1. The second-order valence-corrected chi connectivity index (χ2v) is 3.51. The normalized spacial score (nSPS) is 18.9. The molecule has 0 atom stereocenters. The molecule has 10 heavy (non-hydrogen) atoms. The first-order chi connectivity index (χ1) is 4.86. The topological polar surface area (TPSA) is 28.7 Å². The third-order valence-electron chi connectivity index (χ3n) is 2.11. The van der Waals surface area contributed by atoms with Crippen LogP contribution in [0.4, 0.5) is 0 Å². The molecule has 1 fully saturated rings. The van der Waals surface area contributed by atoms with E-state index in [0.717, 1.165) is 10.7 Å². The van der Waals surface area contributed by atoms with Crippen LogP contribution in [0.15, 0.2) is 10.9 Å². The molecule has 1 aromatic rings. The zero-order valence-corrected chi connectivity index (χ0v) is 7.19. The van der Waals surface area contributed by atoms with Crippen molar-refractivity contribution in [3.8, 4) is 0 Å². The summed E-state index contributed by atoms with van der Waals surface area (Å²) in [4.78, 5) is 7.26. The number of nitrogens with zero attached hydrogens (tertiary/aromatic N) is 1. The van der Waals surface area contributed by atoms with E-state index < -0.39 is 0 Å². The highest BCUT2D eigenvalue weighted by molar-refractivity contribution is 9.10. The summed E-state index contributed by atoms with van der Waals surface area (Å²) < 4.78 is 0.856. The Bertz CT molecular complexity index is 227. The van der Waals surface area contributed by atoms with Crippen LogP contribution in [0.5, 0.6) is 0 Å². The van der Waals surface area contributed by atoms with Gasteiger partial charge in [0.15, 0.2) is 4.73 Å². The number of nitrogens with one attached hydrogen (secondary N) is 1. The summed E-state index contributed by atoms with van der Waals surface area (Å²) in [7, 11) is 0. The molecule has 1 heterocycles. The van der Waals surface area contributed by atoms with Gasteiger partial charge in [-0.15, -0.1) is 0 Å². The van der Waals surface area contributed by atoms with Crippen molar-refractivity contribution >= 4 is 15.9 Å². The van der Waals surface area contributed by atoms with Crippen molar-refractivity contribution in [3.63, 3.8) is 0 Å². The van der Waals surface area contributed by atoms with Gasteiger partial charge >= 0.3 is 0 Å². The van der Waals surface area contributed by atoms with Crippen LogP contribution in [0, 0.1) is 0 Å². The largest absolute Gasteiger partial charge is 0.336 e. The first kappa shape index (κ1) is 6.40. The van der Waals surface area contributed by atoms with Crippen LogP contribution in [0.1, 0.15) is 30.9 Å². The highest BCUT2D eigenvalue weighted by Gasteiger charge is 2.20. The minimum atomic E-state index is 0.763. The van der Waals surface area contributed by atoms with Crippen LogP contribution in [0.25, 0.3) is 0 Å². The van der Waals surface area contributed by atoms with Gasteiger partial charge in [-0.3, -0.25) is 0 Å². The molecule has 0 unspecified atom stereocenters. The van der Waals surface area contributed by atoms with E-state index in [-0.39, 0.29) is 0 Å². The average molecular weight is 201 g/mol. The van der Waals surface area contributed by atoms with Crippen LogP contribution in [0.2, 0.25) is 0 Å². The van der Waals surface area contributed by atoms with Gasteiger partial charge in [0.05, 0.1) is 0 Å². The third-order valence-corrected chi connectivity index (χ3v) is 2.51. The monoisotopic (exact) mass is 200 g/mol. The van der Waals surface area contributed by atoms with Crippen molar-refractivity contribution < 1.29 is 0 Å². The highest BCUT2D eigenvalue weighted by Crippen LogP contribution is 2.35. The molecule has 0 spiro atoms. The first-order valence-corrected chi connectivity index (χ1v) is 4.36. The molecular weight excluding hydrogens is 192 g/mol. The van der Waals surface area contributed by atoms with E-state index in [2.05, 4.69) is 25.9 Å². The van der Waals surface area contributed by atoms with Crippen LogP contribution in [0.3, 0.4) is 0 Å². The summed E-state index contributed by atoms with van der Waals surface area (Å²) in [6, 6.07) is 0. The number of hydrogen-bond acceptors (Lipinski definition) is 1. The lowest BCUT2D eigenvalue weighted by atomic mass is 9.83. The van der Waals surface area contributed by atoms with Crippen LogP contribution in [-0.4, -0.2) is 9.97 Å². The minimum absolute atomic E-state index is 0.763. The first-order valence-electron chi connectivity index (χ1n) is 3.56. The number of rotatable bonds is 1. The molecule has 1 aliphatic carbocycles. The molecule has 1 aliphatic rings. The molecule has 54 valence electrons. The van der Waals surface area contributed by atoms with Gasteiger partial charge in [-0.1, -0.05) is 6.42 Å². The van der Waals surface area contributed by atoms with Crippen molar-refractivity contribution in [1.82, 2.24) is 9.97 Å². The van der Waals surface area contributed by atoms with E-state index in [1.54, 1.807) is 0 Å². The lowest BCUT2D eigenvalue weighted by Crippen LogP contribution is -2.08. The zero-order valence-electron chi connectivity index (χ0n) is 5.60. The Labute approximate surface area is 68.2 Å². The van der Waals surface area contributed by atoms with E-state index in [4.69, 9.17) is 0 Å². The van der Waals surface area contributed by atoms with Crippen molar-refractivity contribution in [3.05, 3.63) is 16.6 Å². The number of aromatic nitrogens is 2. The Morgan fingerprint density at radius 1 is 1.60 bits per heavy atom. The lowest BCUT2D eigenvalue weighted by Gasteiger charge is -2.23. The van der Waals surface area contributed by atoms with Crippen molar-refractivity contribution in [1.29, 1.82) is 0 Å². The summed E-state index contributed by atoms with van der Waals surface area (Å²) in [6.45, 7) is 0. The van der Waals surface area contributed by atoms with Gasteiger partial charge in [-0.25, -0.2) is 4.98 Å². The fraction of sp³-hybridized carbons (Fsp3) is 0.571. The molecular formula is C7H9BrN2. The van der Waals surface area contributed by atoms with Gasteiger partial charge in [0.2, 0.25) is 0 Å². The Morgan fingerprint density at radius 2 is 2.40 bits per heavy atom. The number of imidazole rings is 1. The van der Waals surface area contributed by atoms with Crippen molar-refractivity contribution in [2.24, 2.45) is 0 Å². The van der Waals surface area contributed by atoms with Crippen LogP contribution < -0.4 is 0 Å². The molecule has 0 radical (unpaired) electrons. The Hall–Kier alpha value is -0.310. The quantitative estimate of drug-likeness (QED) is 0.742. The maximum absolute atomic E-state index is 4.08. The Morgan fingerprint density at radius 3 is 2.80 bits per heavy atom. The summed E-state index contributed by atoms with van der Waals surface area (Å²) in [6.07, 6.45) is 5.96. The maximum Gasteiger partial charge on any atom is 0.174 e. The minimum Gasteiger partial charge on any atom is -0.336 e. The van der Waals surface area contributed by atoms with Crippen LogP contribution in [-0.2, 0) is 0 Å². The summed E-state index contributed by atoms with van der Waals surface area (Å²) in [5.41, 5.74) is 1.29. The molecule has 2 rings (SSSR count). The second kappa shape index (κ2) is 2.38. The van der Waals surface area contributed by atoms with Gasteiger partial charge in [0.1, 0.15) is 0 Å². The standard InChI is InChI=1S/C7H9BrN2/c8-7-9-4-6(10-7)5-2-1-3-5/h4-5H,1-3H2,(H,9,10). The molecule has 0 aromatic carbocycles. The zero-order chi connectivity index (χ0) is 6.97. The molecule has 0 amide bonds. The van der Waals surface area contributed by atoms with E-state index >= 15 is 0 Å². The van der Waals surface area contributed by atoms with E-state index in [0.29, 0.717) is 0 Å². The highest BCUT2D eigenvalue weighted by atomic mass is 79.9. The number of hydrogen-bond donors (Lipinski definition) is 1. The molecule has 0 aliphatic heterocycles. The third kappa shape index (κ3) is 0.985. The van der Waals surface area contributed by atoms with Gasteiger partial charge in [0, 0.05) is 17.8 Å². The number of halogens is 1. The second-order valence-electron chi connectivity index (χ2n) is 2.76. The number of H-pyrrole nitrogens is 1. The average Bonchev–Trinajstić information content (AvgIpc) is 2.10. The van der Waals surface area contributed by atoms with Crippen molar-refractivity contribution in [2.45, 2.75) is 25.2 Å². The molecule has 1 aromatic heterocycles. The SMILES string of the molecule is Brc1ncc(C2CCC2)[nH]1. The Balaban J connectivity index is 2.17. The van der Waals surface area contributed by atoms with Gasteiger partial charge in [-0.05, 0) is 28.8 Å². The van der Waals surface area contributed by atoms with E-state index in [1.165, 1.54) is 25.0 Å². The van der Waals surface area contributed by atoms with E-state index in [1.807, 2.05) is 6.20 Å². The maximum atomic E-state index is 4.08. The molecule has 1 N–H and O–H groups in total. The Kier molecular flexibility index (Phi) is 1.52. The van der Waals surface area contributed by atoms with Crippen molar-refractivity contribution in [2.75, 3.05) is 0 Å². The fourth-order valence-electron chi connectivity index (χ4n) is 1.24. The predicted octanol–water partition coefficient (Wildman–Crippen LogP) is 2.44. The fourth-order valence-corrected chi connectivity index (χ4v) is 1.57. The predicted molar refractivity (Wildman–Crippen MR) is 42.9 cm³/mol. The van der Waals surface area contributed by atoms with E-state index in [9.17, 15) is 0 Å². The van der Waals surface area contributed by atoms with Crippen LogP contribution >= 0.6 is 15.9 Å². The van der Waals surface area contributed by atoms with Gasteiger partial charge in [0.25, 0.3) is 0 Å². The van der Waals surface area contributed by atoms with Gasteiger partial charge in [-0.2, -0.15) is 0 Å².